The Kier molecular flexibility index (Phi) is 3.08. The molecule has 0 saturated carbocycles. The smallest absolute Gasteiger partial charge is 0.252 e. The summed E-state index contributed by atoms with van der Waals surface area (Å²) in [4.78, 5) is 24.9. The van der Waals surface area contributed by atoms with Gasteiger partial charge in [-0.2, -0.15) is 0 Å². The Morgan fingerprint density at radius 1 is 1.53 bits per heavy atom. The summed E-state index contributed by atoms with van der Waals surface area (Å²) in [5, 5.41) is 2.61. The molecule has 1 atom stereocenters. The van der Waals surface area contributed by atoms with E-state index in [-0.39, 0.29) is 11.5 Å². The van der Waals surface area contributed by atoms with Gasteiger partial charge < -0.3 is 10.2 Å². The lowest BCUT2D eigenvalue weighted by Crippen LogP contribution is -2.40. The minimum absolute atomic E-state index is 0.102. The van der Waals surface area contributed by atoms with Crippen LogP contribution >= 0.6 is 0 Å². The Morgan fingerprint density at radius 3 is 2.88 bits per heavy atom. The number of nitrogens with one attached hydrogen (secondary N) is 1. The van der Waals surface area contributed by atoms with Gasteiger partial charge in [0.1, 0.15) is 11.9 Å². The highest BCUT2D eigenvalue weighted by atomic mass is 19.1. The van der Waals surface area contributed by atoms with E-state index in [1.807, 2.05) is 0 Å². The number of carbonyl (C=O) groups is 2. The predicted molar refractivity (Wildman–Crippen MR) is 59.9 cm³/mol. The average Bonchev–Trinajstić information content (AvgIpc) is 2.61. The second-order valence-electron chi connectivity index (χ2n) is 4.08. The van der Waals surface area contributed by atoms with E-state index in [1.165, 1.54) is 18.2 Å². The third kappa shape index (κ3) is 2.43. The Morgan fingerprint density at radius 2 is 2.29 bits per heavy atom. The van der Waals surface area contributed by atoms with Gasteiger partial charge in [-0.25, -0.2) is 4.39 Å². The summed E-state index contributed by atoms with van der Waals surface area (Å²) in [5.41, 5.74) is 0.229. The quantitative estimate of drug-likeness (QED) is 0.825. The zero-order valence-corrected chi connectivity index (χ0v) is 9.44. The molecule has 1 aromatic carbocycles. The van der Waals surface area contributed by atoms with Crippen LogP contribution in [0.1, 0.15) is 16.8 Å². The lowest BCUT2D eigenvalue weighted by molar-refractivity contribution is -0.128. The van der Waals surface area contributed by atoms with Crippen LogP contribution in [0.15, 0.2) is 24.3 Å². The fourth-order valence-electron chi connectivity index (χ4n) is 1.83. The normalized spacial score (nSPS) is 19.5. The van der Waals surface area contributed by atoms with Crippen molar-refractivity contribution in [1.82, 2.24) is 10.2 Å². The maximum atomic E-state index is 12.9. The van der Waals surface area contributed by atoms with Gasteiger partial charge in [-0.1, -0.05) is 6.07 Å². The number of halogens is 1. The second-order valence-corrected chi connectivity index (χ2v) is 4.08. The van der Waals surface area contributed by atoms with Crippen molar-refractivity contribution in [2.45, 2.75) is 12.5 Å². The van der Waals surface area contributed by atoms with Crippen LogP contribution in [0.5, 0.6) is 0 Å². The molecule has 1 saturated heterocycles. The molecule has 2 amide bonds. The largest absolute Gasteiger partial charge is 0.344 e. The molecule has 4 nitrogen and oxygen atoms in total. The maximum absolute atomic E-state index is 12.9. The summed E-state index contributed by atoms with van der Waals surface area (Å²) in [6.45, 7) is 0.632. The van der Waals surface area contributed by atoms with Gasteiger partial charge in [0.25, 0.3) is 5.91 Å². The highest BCUT2D eigenvalue weighted by molar-refractivity contribution is 5.97. The van der Waals surface area contributed by atoms with E-state index >= 15 is 0 Å². The van der Waals surface area contributed by atoms with Crippen LogP contribution in [0.2, 0.25) is 0 Å². The van der Waals surface area contributed by atoms with E-state index in [1.54, 1.807) is 11.9 Å². The van der Waals surface area contributed by atoms with Gasteiger partial charge in [0.2, 0.25) is 5.91 Å². The first-order valence-corrected chi connectivity index (χ1v) is 5.39. The number of likely N-dealkylation sites (N-methyl/N-ethyl adjacent to an activating group) is 1. The van der Waals surface area contributed by atoms with Crippen molar-refractivity contribution in [3.05, 3.63) is 35.6 Å². The maximum Gasteiger partial charge on any atom is 0.252 e. The van der Waals surface area contributed by atoms with E-state index in [0.717, 1.165) is 6.07 Å². The summed E-state index contributed by atoms with van der Waals surface area (Å²) < 4.78 is 12.9. The second kappa shape index (κ2) is 4.53. The Labute approximate surface area is 98.4 Å². The number of rotatable bonds is 2. The van der Waals surface area contributed by atoms with E-state index in [2.05, 4.69) is 5.32 Å². The van der Waals surface area contributed by atoms with Crippen LogP contribution < -0.4 is 5.32 Å². The van der Waals surface area contributed by atoms with Crippen LogP contribution in [0, 0.1) is 5.82 Å². The molecule has 5 heteroatoms. The molecular weight excluding hydrogens is 223 g/mol. The molecule has 0 aromatic heterocycles. The average molecular weight is 236 g/mol. The predicted octanol–water partition coefficient (Wildman–Crippen LogP) is 0.786. The standard InChI is InChI=1S/C12H13FN2O2/c1-15-6-5-10(12(15)17)14-11(16)8-3-2-4-9(13)7-8/h2-4,7,10H,5-6H2,1H3,(H,14,16). The van der Waals surface area contributed by atoms with Crippen molar-refractivity contribution in [3.63, 3.8) is 0 Å². The lowest BCUT2D eigenvalue weighted by Gasteiger charge is -2.12. The molecule has 1 fully saturated rings. The molecule has 1 N–H and O–H groups in total. The molecule has 2 rings (SSSR count). The fraction of sp³-hybridized carbons (Fsp3) is 0.333. The van der Waals surface area contributed by atoms with Gasteiger partial charge in [0.05, 0.1) is 0 Å². The molecule has 1 unspecified atom stereocenters. The van der Waals surface area contributed by atoms with Crippen LogP contribution in [0.25, 0.3) is 0 Å². The van der Waals surface area contributed by atoms with Gasteiger partial charge in [0, 0.05) is 19.2 Å². The van der Waals surface area contributed by atoms with Gasteiger partial charge in [-0.05, 0) is 24.6 Å². The lowest BCUT2D eigenvalue weighted by atomic mass is 10.2. The van der Waals surface area contributed by atoms with Crippen molar-refractivity contribution in [2.75, 3.05) is 13.6 Å². The van der Waals surface area contributed by atoms with Crippen molar-refractivity contribution >= 4 is 11.8 Å². The Hall–Kier alpha value is -1.91. The SMILES string of the molecule is CN1CCC(NC(=O)c2cccc(F)c2)C1=O. The van der Waals surface area contributed by atoms with Gasteiger partial charge in [0.15, 0.2) is 0 Å². The van der Waals surface area contributed by atoms with Crippen molar-refractivity contribution in [2.24, 2.45) is 0 Å². The first-order chi connectivity index (χ1) is 8.08. The van der Waals surface area contributed by atoms with E-state index < -0.39 is 17.8 Å². The number of hydrogen-bond donors (Lipinski definition) is 1. The van der Waals surface area contributed by atoms with Crippen LogP contribution in [-0.4, -0.2) is 36.3 Å². The van der Waals surface area contributed by atoms with Crippen molar-refractivity contribution in [3.8, 4) is 0 Å². The van der Waals surface area contributed by atoms with Crippen LogP contribution in [0.4, 0.5) is 4.39 Å². The molecule has 0 radical (unpaired) electrons. The number of amides is 2. The van der Waals surface area contributed by atoms with Gasteiger partial charge in [-0.15, -0.1) is 0 Å². The highest BCUT2D eigenvalue weighted by Gasteiger charge is 2.30. The monoisotopic (exact) mass is 236 g/mol. The molecule has 0 aliphatic carbocycles. The molecule has 0 bridgehead atoms. The molecular formula is C12H13FN2O2. The minimum atomic E-state index is -0.490. The first kappa shape index (κ1) is 11.6. The molecule has 1 heterocycles. The summed E-state index contributed by atoms with van der Waals surface area (Å²) in [7, 11) is 1.69. The van der Waals surface area contributed by atoms with E-state index in [9.17, 15) is 14.0 Å². The Bertz CT molecular complexity index is 462. The molecule has 17 heavy (non-hydrogen) atoms. The first-order valence-electron chi connectivity index (χ1n) is 5.39. The topological polar surface area (TPSA) is 49.4 Å². The number of hydrogen-bond acceptors (Lipinski definition) is 2. The molecule has 1 aliphatic rings. The summed E-state index contributed by atoms with van der Waals surface area (Å²) in [5.74, 6) is -0.986. The molecule has 90 valence electrons. The zero-order valence-electron chi connectivity index (χ0n) is 9.44. The number of nitrogens with zero attached hydrogens (tertiary/aromatic N) is 1. The molecule has 0 spiro atoms. The van der Waals surface area contributed by atoms with Gasteiger partial charge >= 0.3 is 0 Å². The summed E-state index contributed by atoms with van der Waals surface area (Å²) in [6.07, 6.45) is 0.594. The van der Waals surface area contributed by atoms with Gasteiger partial charge in [-0.3, -0.25) is 9.59 Å². The third-order valence-electron chi connectivity index (χ3n) is 2.82. The van der Waals surface area contributed by atoms with E-state index in [4.69, 9.17) is 0 Å². The van der Waals surface area contributed by atoms with Crippen LogP contribution in [0.3, 0.4) is 0 Å². The zero-order chi connectivity index (χ0) is 12.4. The van der Waals surface area contributed by atoms with E-state index in [0.29, 0.717) is 13.0 Å². The van der Waals surface area contributed by atoms with Crippen molar-refractivity contribution < 1.29 is 14.0 Å². The highest BCUT2D eigenvalue weighted by Crippen LogP contribution is 2.10. The third-order valence-corrected chi connectivity index (χ3v) is 2.82. The molecule has 1 aliphatic heterocycles. The number of benzene rings is 1. The summed E-state index contributed by atoms with van der Waals surface area (Å²) >= 11 is 0. The number of carbonyl (C=O) groups excluding carboxylic acids is 2. The number of likely N-dealkylation sites (tertiary alicyclic amines) is 1. The van der Waals surface area contributed by atoms with Crippen LogP contribution in [-0.2, 0) is 4.79 Å². The molecule has 1 aromatic rings. The minimum Gasteiger partial charge on any atom is -0.344 e. The van der Waals surface area contributed by atoms with Crippen molar-refractivity contribution in [1.29, 1.82) is 0 Å². The summed E-state index contributed by atoms with van der Waals surface area (Å²) in [6, 6.07) is 4.91. The fourth-order valence-corrected chi connectivity index (χ4v) is 1.83. The Balaban J connectivity index is 2.05.